The SMILES string of the molecule is CCCCCCc1ccc2c(c1)sc1c2sc2c3ccc(C)cc3sc21. The molecule has 0 N–H and O–H groups in total. The smallest absolute Gasteiger partial charge is 0.0642 e. The van der Waals surface area contributed by atoms with E-state index < -0.39 is 0 Å². The van der Waals surface area contributed by atoms with Gasteiger partial charge in [0.15, 0.2) is 0 Å². The Morgan fingerprint density at radius 1 is 0.692 bits per heavy atom. The van der Waals surface area contributed by atoms with Gasteiger partial charge in [0.25, 0.3) is 0 Å². The molecule has 0 atom stereocenters. The minimum absolute atomic E-state index is 1.22. The van der Waals surface area contributed by atoms with Gasteiger partial charge in [-0.05, 0) is 43.0 Å². The molecule has 0 radical (unpaired) electrons. The summed E-state index contributed by atoms with van der Waals surface area (Å²) in [5.74, 6) is 0. The highest BCUT2D eigenvalue weighted by Crippen LogP contribution is 2.50. The average Bonchev–Trinajstić information content (AvgIpc) is 3.26. The normalized spacial score (nSPS) is 12.2. The maximum Gasteiger partial charge on any atom is 0.0642 e. The van der Waals surface area contributed by atoms with E-state index in [1.165, 1.54) is 82.2 Å². The minimum Gasteiger partial charge on any atom is -0.133 e. The molecule has 0 saturated carbocycles. The molecule has 0 amide bonds. The maximum atomic E-state index is 2.45. The number of hydrogen-bond donors (Lipinski definition) is 0. The van der Waals surface area contributed by atoms with E-state index in [-0.39, 0.29) is 0 Å². The maximum absolute atomic E-state index is 2.45. The molecule has 0 spiro atoms. The standard InChI is InChI=1S/C23H22S3/c1-3-4-5-6-7-15-9-11-17-19(13-15)25-23-21(17)26-20-16-10-8-14(2)12-18(16)24-22(20)23/h8-13H,3-7H2,1-2H3. The first kappa shape index (κ1) is 16.7. The first-order chi connectivity index (χ1) is 12.7. The van der Waals surface area contributed by atoms with Gasteiger partial charge in [0.1, 0.15) is 0 Å². The van der Waals surface area contributed by atoms with Crippen LogP contribution in [0.3, 0.4) is 0 Å². The summed E-state index contributed by atoms with van der Waals surface area (Å²) in [5.41, 5.74) is 2.86. The Morgan fingerprint density at radius 2 is 1.38 bits per heavy atom. The molecule has 26 heavy (non-hydrogen) atoms. The third-order valence-corrected chi connectivity index (χ3v) is 9.22. The Kier molecular flexibility index (Phi) is 4.27. The molecule has 0 bridgehead atoms. The molecule has 0 fully saturated rings. The zero-order chi connectivity index (χ0) is 17.7. The van der Waals surface area contributed by atoms with Crippen LogP contribution in [-0.4, -0.2) is 0 Å². The van der Waals surface area contributed by atoms with Gasteiger partial charge in [-0.1, -0.05) is 50.5 Å². The van der Waals surface area contributed by atoms with Crippen LogP contribution < -0.4 is 0 Å². The van der Waals surface area contributed by atoms with Crippen molar-refractivity contribution in [3.8, 4) is 0 Å². The van der Waals surface area contributed by atoms with Gasteiger partial charge in [0.2, 0.25) is 0 Å². The number of unbranched alkanes of at least 4 members (excludes halogenated alkanes) is 3. The summed E-state index contributed by atoms with van der Waals surface area (Å²) < 4.78 is 8.87. The summed E-state index contributed by atoms with van der Waals surface area (Å²) in [7, 11) is 0. The highest BCUT2D eigenvalue weighted by Gasteiger charge is 2.16. The number of rotatable bonds is 5. The van der Waals surface area contributed by atoms with Gasteiger partial charge in [-0.3, -0.25) is 0 Å². The second-order valence-corrected chi connectivity index (χ2v) is 10.4. The second-order valence-electron chi connectivity index (χ2n) is 7.26. The molecular formula is C23H22S3. The molecule has 0 nitrogen and oxygen atoms in total. The fourth-order valence-electron chi connectivity index (χ4n) is 3.81. The molecule has 0 saturated heterocycles. The van der Waals surface area contributed by atoms with Crippen LogP contribution in [0.5, 0.6) is 0 Å². The lowest BCUT2D eigenvalue weighted by Crippen LogP contribution is -1.85. The molecule has 0 aliphatic rings. The van der Waals surface area contributed by atoms with Crippen molar-refractivity contribution in [2.45, 2.75) is 46.0 Å². The van der Waals surface area contributed by atoms with Crippen LogP contribution in [0.2, 0.25) is 0 Å². The molecule has 3 aromatic heterocycles. The van der Waals surface area contributed by atoms with Crippen molar-refractivity contribution >= 4 is 73.0 Å². The predicted octanol–water partition coefficient (Wildman–Crippen LogP) is 8.92. The van der Waals surface area contributed by atoms with Crippen molar-refractivity contribution in [1.82, 2.24) is 0 Å². The lowest BCUT2D eigenvalue weighted by atomic mass is 10.1. The summed E-state index contributed by atoms with van der Waals surface area (Å²) in [4.78, 5) is 0. The number of fused-ring (bicyclic) bond motifs is 7. The average molecular weight is 395 g/mol. The summed E-state index contributed by atoms with van der Waals surface area (Å²) >= 11 is 5.96. The summed E-state index contributed by atoms with van der Waals surface area (Å²) in [6, 6.07) is 14.1. The monoisotopic (exact) mass is 394 g/mol. The van der Waals surface area contributed by atoms with Crippen molar-refractivity contribution in [2.24, 2.45) is 0 Å². The Bertz CT molecular complexity index is 1230. The van der Waals surface area contributed by atoms with E-state index in [2.05, 4.69) is 50.2 Å². The van der Waals surface area contributed by atoms with Crippen LogP contribution in [0, 0.1) is 6.92 Å². The van der Waals surface area contributed by atoms with Crippen LogP contribution in [0.4, 0.5) is 0 Å². The first-order valence-electron chi connectivity index (χ1n) is 9.51. The van der Waals surface area contributed by atoms with Crippen LogP contribution in [-0.2, 0) is 6.42 Å². The zero-order valence-corrected chi connectivity index (χ0v) is 17.7. The summed E-state index contributed by atoms with van der Waals surface area (Å²) in [6.45, 7) is 4.46. The fraction of sp³-hybridized carbons (Fsp3) is 0.304. The van der Waals surface area contributed by atoms with E-state index in [0.717, 1.165) is 0 Å². The number of aryl methyl sites for hydroxylation is 2. The van der Waals surface area contributed by atoms with Crippen LogP contribution in [0.25, 0.3) is 39.0 Å². The van der Waals surface area contributed by atoms with Crippen LogP contribution >= 0.6 is 34.0 Å². The zero-order valence-electron chi connectivity index (χ0n) is 15.2. The largest absolute Gasteiger partial charge is 0.133 e. The quantitative estimate of drug-likeness (QED) is 0.261. The van der Waals surface area contributed by atoms with Crippen molar-refractivity contribution in [1.29, 1.82) is 0 Å². The third kappa shape index (κ3) is 2.69. The van der Waals surface area contributed by atoms with Crippen molar-refractivity contribution in [2.75, 3.05) is 0 Å². The Balaban J connectivity index is 1.60. The summed E-state index contributed by atoms with van der Waals surface area (Å²) in [5, 5.41) is 2.89. The number of hydrogen-bond acceptors (Lipinski definition) is 3. The Hall–Kier alpha value is -1.42. The number of benzene rings is 2. The van der Waals surface area contributed by atoms with E-state index in [1.54, 1.807) is 0 Å². The summed E-state index contributed by atoms with van der Waals surface area (Å²) in [6.07, 6.45) is 6.57. The van der Waals surface area contributed by atoms with Crippen molar-refractivity contribution < 1.29 is 0 Å². The molecule has 0 aliphatic heterocycles. The van der Waals surface area contributed by atoms with Crippen molar-refractivity contribution in [3.05, 3.63) is 47.5 Å². The Morgan fingerprint density at radius 3 is 2.12 bits per heavy atom. The lowest BCUT2D eigenvalue weighted by Gasteiger charge is -2.01. The molecule has 0 unspecified atom stereocenters. The molecule has 5 rings (SSSR count). The second kappa shape index (κ2) is 6.63. The molecule has 3 heterocycles. The van der Waals surface area contributed by atoms with E-state index in [1.807, 2.05) is 34.0 Å². The predicted molar refractivity (Wildman–Crippen MR) is 123 cm³/mol. The van der Waals surface area contributed by atoms with Crippen LogP contribution in [0.15, 0.2) is 36.4 Å². The highest BCUT2D eigenvalue weighted by atomic mass is 32.1. The number of thiophene rings is 3. The van der Waals surface area contributed by atoms with Gasteiger partial charge in [-0.25, -0.2) is 0 Å². The van der Waals surface area contributed by atoms with Gasteiger partial charge in [-0.2, -0.15) is 0 Å². The Labute approximate surface area is 166 Å². The molecule has 2 aromatic carbocycles. The highest BCUT2D eigenvalue weighted by molar-refractivity contribution is 7.43. The molecule has 3 heteroatoms. The van der Waals surface area contributed by atoms with Gasteiger partial charge in [-0.15, -0.1) is 34.0 Å². The van der Waals surface area contributed by atoms with Gasteiger partial charge in [0, 0.05) is 20.2 Å². The molecular weight excluding hydrogens is 372 g/mol. The van der Waals surface area contributed by atoms with Crippen molar-refractivity contribution in [3.63, 3.8) is 0 Å². The lowest BCUT2D eigenvalue weighted by molar-refractivity contribution is 0.667. The van der Waals surface area contributed by atoms with Gasteiger partial charge in [0.05, 0.1) is 18.8 Å². The van der Waals surface area contributed by atoms with E-state index in [9.17, 15) is 0 Å². The van der Waals surface area contributed by atoms with E-state index >= 15 is 0 Å². The van der Waals surface area contributed by atoms with Crippen LogP contribution in [0.1, 0.15) is 43.7 Å². The topological polar surface area (TPSA) is 0 Å². The molecule has 5 aromatic rings. The fourth-order valence-corrected chi connectivity index (χ4v) is 8.24. The molecule has 132 valence electrons. The molecule has 0 aliphatic carbocycles. The first-order valence-corrected chi connectivity index (χ1v) is 12.0. The minimum atomic E-state index is 1.22. The van der Waals surface area contributed by atoms with E-state index in [4.69, 9.17) is 0 Å². The van der Waals surface area contributed by atoms with E-state index in [0.29, 0.717) is 0 Å². The van der Waals surface area contributed by atoms with Gasteiger partial charge >= 0.3 is 0 Å². The third-order valence-electron chi connectivity index (χ3n) is 5.24. The van der Waals surface area contributed by atoms with Gasteiger partial charge < -0.3 is 0 Å².